The second-order valence-corrected chi connectivity index (χ2v) is 4.31. The smallest absolute Gasteiger partial charge is 0.182 e. The third-order valence-corrected chi connectivity index (χ3v) is 2.82. The Bertz CT molecular complexity index is 322. The van der Waals surface area contributed by atoms with Gasteiger partial charge < -0.3 is 9.47 Å². The highest BCUT2D eigenvalue weighted by Gasteiger charge is 2.25. The molecule has 0 aliphatic carbocycles. The number of thioether (sulfide) groups is 1. The molecule has 0 aromatic carbocycles. The van der Waals surface area contributed by atoms with Gasteiger partial charge in [0.2, 0.25) is 0 Å². The van der Waals surface area contributed by atoms with Gasteiger partial charge in [0.1, 0.15) is 18.2 Å². The lowest BCUT2D eigenvalue weighted by Gasteiger charge is -2.12. The molecule has 0 aromatic rings. The first kappa shape index (κ1) is 11.9. The fourth-order valence-electron chi connectivity index (χ4n) is 1.02. The molecule has 1 rings (SSSR count). The van der Waals surface area contributed by atoms with Gasteiger partial charge in [-0.1, -0.05) is 11.8 Å². The van der Waals surface area contributed by atoms with Crippen molar-refractivity contribution in [1.82, 2.24) is 0 Å². The van der Waals surface area contributed by atoms with E-state index in [1.807, 2.05) is 26.0 Å². The first-order valence-corrected chi connectivity index (χ1v) is 5.61. The number of hydrogen-bond donors (Lipinski definition) is 0. The zero-order valence-electron chi connectivity index (χ0n) is 8.69. The van der Waals surface area contributed by atoms with Crippen molar-refractivity contribution in [3.8, 4) is 12.1 Å². The Balaban J connectivity index is 2.50. The van der Waals surface area contributed by atoms with Crippen LogP contribution in [0.25, 0.3) is 0 Å². The molecular formula is C10H12N2O2S. The predicted molar refractivity (Wildman–Crippen MR) is 56.7 cm³/mol. The Labute approximate surface area is 93.5 Å². The second-order valence-electron chi connectivity index (χ2n) is 3.32. The van der Waals surface area contributed by atoms with Crippen LogP contribution >= 0.6 is 11.8 Å². The molecule has 4 nitrogen and oxygen atoms in total. The fourth-order valence-corrected chi connectivity index (χ4v) is 1.96. The van der Waals surface area contributed by atoms with E-state index >= 15 is 0 Å². The van der Waals surface area contributed by atoms with Crippen molar-refractivity contribution in [1.29, 1.82) is 10.5 Å². The van der Waals surface area contributed by atoms with Crippen molar-refractivity contribution in [3.05, 3.63) is 10.7 Å². The maximum atomic E-state index is 8.64. The maximum Gasteiger partial charge on any atom is 0.182 e. The summed E-state index contributed by atoms with van der Waals surface area (Å²) in [6.45, 7) is 4.40. The quantitative estimate of drug-likeness (QED) is 0.684. The summed E-state index contributed by atoms with van der Waals surface area (Å²) >= 11 is 1.39. The first-order valence-electron chi connectivity index (χ1n) is 4.63. The Morgan fingerprint density at radius 2 is 2.27 bits per heavy atom. The molecule has 1 saturated heterocycles. The lowest BCUT2D eigenvalue weighted by molar-refractivity contribution is 0.0107. The minimum Gasteiger partial charge on any atom is -0.479 e. The van der Waals surface area contributed by atoms with Crippen LogP contribution in [-0.2, 0) is 9.47 Å². The molecule has 1 atom stereocenters. The average Bonchev–Trinajstić information content (AvgIpc) is 2.65. The highest BCUT2D eigenvalue weighted by atomic mass is 32.2. The molecule has 15 heavy (non-hydrogen) atoms. The molecule has 1 fully saturated rings. The Hall–Kier alpha value is -1.17. The summed E-state index contributed by atoms with van der Waals surface area (Å²) in [6, 6.07) is 3.62. The van der Waals surface area contributed by atoms with Crippen molar-refractivity contribution < 1.29 is 9.47 Å². The monoisotopic (exact) mass is 224 g/mol. The van der Waals surface area contributed by atoms with Crippen LogP contribution in [0.1, 0.15) is 13.8 Å². The van der Waals surface area contributed by atoms with E-state index in [1.54, 1.807) is 0 Å². The van der Waals surface area contributed by atoms with Gasteiger partial charge in [-0.3, -0.25) is 0 Å². The molecule has 80 valence electrons. The molecule has 0 radical (unpaired) electrons. The minimum atomic E-state index is -0.0518. The number of ether oxygens (including phenoxy) is 2. The van der Waals surface area contributed by atoms with Gasteiger partial charge >= 0.3 is 0 Å². The number of nitriles is 2. The number of hydrogen-bond acceptors (Lipinski definition) is 5. The summed E-state index contributed by atoms with van der Waals surface area (Å²) in [5, 5.41) is 17.7. The van der Waals surface area contributed by atoms with Crippen molar-refractivity contribution in [2.24, 2.45) is 0 Å². The van der Waals surface area contributed by atoms with Gasteiger partial charge in [-0.25, -0.2) is 0 Å². The molecule has 1 unspecified atom stereocenters. The topological polar surface area (TPSA) is 66.0 Å². The maximum absolute atomic E-state index is 8.64. The van der Waals surface area contributed by atoms with E-state index in [1.165, 1.54) is 11.8 Å². The zero-order chi connectivity index (χ0) is 11.3. The van der Waals surface area contributed by atoms with Crippen molar-refractivity contribution in [2.45, 2.75) is 26.1 Å². The third-order valence-electron chi connectivity index (χ3n) is 1.72. The van der Waals surface area contributed by atoms with Gasteiger partial charge in [-0.15, -0.1) is 0 Å². The van der Waals surface area contributed by atoms with E-state index in [9.17, 15) is 0 Å². The normalized spacial score (nSPS) is 19.5. The van der Waals surface area contributed by atoms with E-state index < -0.39 is 0 Å². The standard InChI is InChI=1S/C10H12N2O2S/c1-7(2)13-5-9-6-15-10(14-9)8(3-11)4-12/h7,9H,5-6H2,1-2H3. The highest BCUT2D eigenvalue weighted by molar-refractivity contribution is 8.03. The van der Waals surface area contributed by atoms with Gasteiger partial charge in [0.25, 0.3) is 0 Å². The number of rotatable bonds is 3. The van der Waals surface area contributed by atoms with Crippen LogP contribution in [0.2, 0.25) is 0 Å². The van der Waals surface area contributed by atoms with Crippen LogP contribution in [0.15, 0.2) is 10.7 Å². The summed E-state index contributed by atoms with van der Waals surface area (Å²) in [7, 11) is 0. The molecule has 0 saturated carbocycles. The van der Waals surface area contributed by atoms with E-state index in [2.05, 4.69) is 0 Å². The molecule has 0 N–H and O–H groups in total. The van der Waals surface area contributed by atoms with E-state index in [-0.39, 0.29) is 17.8 Å². The Morgan fingerprint density at radius 3 is 2.80 bits per heavy atom. The van der Waals surface area contributed by atoms with Gasteiger partial charge in [0.15, 0.2) is 10.7 Å². The van der Waals surface area contributed by atoms with Crippen LogP contribution < -0.4 is 0 Å². The predicted octanol–water partition coefficient (Wildman–Crippen LogP) is 1.80. The summed E-state index contributed by atoms with van der Waals surface area (Å²) in [6.07, 6.45) is 0.113. The molecule has 0 aromatic heterocycles. The van der Waals surface area contributed by atoms with Crippen molar-refractivity contribution in [2.75, 3.05) is 12.4 Å². The van der Waals surface area contributed by atoms with Crippen LogP contribution in [0.5, 0.6) is 0 Å². The average molecular weight is 224 g/mol. The Morgan fingerprint density at radius 1 is 1.60 bits per heavy atom. The lowest BCUT2D eigenvalue weighted by Crippen LogP contribution is -2.19. The first-order chi connectivity index (χ1) is 7.17. The molecule has 0 amide bonds. The van der Waals surface area contributed by atoms with Gasteiger partial charge in [0.05, 0.1) is 12.7 Å². The fraction of sp³-hybridized carbons (Fsp3) is 0.600. The lowest BCUT2D eigenvalue weighted by atomic mass is 10.3. The number of nitrogens with zero attached hydrogens (tertiary/aromatic N) is 2. The third kappa shape index (κ3) is 3.47. The zero-order valence-corrected chi connectivity index (χ0v) is 9.50. The van der Waals surface area contributed by atoms with Crippen LogP contribution in [-0.4, -0.2) is 24.6 Å². The SMILES string of the molecule is CC(C)OCC1CSC(=C(C#N)C#N)O1. The molecular weight excluding hydrogens is 212 g/mol. The summed E-state index contributed by atoms with van der Waals surface area (Å²) in [5.74, 6) is 0.731. The molecule has 1 heterocycles. The van der Waals surface area contributed by atoms with Crippen LogP contribution in [0.3, 0.4) is 0 Å². The van der Waals surface area contributed by atoms with Crippen LogP contribution in [0, 0.1) is 22.7 Å². The van der Waals surface area contributed by atoms with E-state index in [0.29, 0.717) is 11.7 Å². The molecule has 0 bridgehead atoms. The van der Waals surface area contributed by atoms with Gasteiger partial charge in [-0.05, 0) is 13.8 Å². The summed E-state index contributed by atoms with van der Waals surface area (Å²) in [4.78, 5) is 0. The molecule has 1 aliphatic heterocycles. The summed E-state index contributed by atoms with van der Waals surface area (Å²) < 4.78 is 10.8. The second kappa shape index (κ2) is 5.65. The van der Waals surface area contributed by atoms with Gasteiger partial charge in [-0.2, -0.15) is 10.5 Å². The van der Waals surface area contributed by atoms with Crippen molar-refractivity contribution >= 4 is 11.8 Å². The minimum absolute atomic E-state index is 0.0482. The van der Waals surface area contributed by atoms with Crippen molar-refractivity contribution in [3.63, 3.8) is 0 Å². The molecule has 0 spiro atoms. The summed E-state index contributed by atoms with van der Waals surface area (Å²) in [5.41, 5.74) is 0.0482. The number of allylic oxidation sites excluding steroid dienone is 1. The highest BCUT2D eigenvalue weighted by Crippen LogP contribution is 2.31. The largest absolute Gasteiger partial charge is 0.479 e. The Kier molecular flexibility index (Phi) is 4.48. The van der Waals surface area contributed by atoms with E-state index in [4.69, 9.17) is 20.0 Å². The van der Waals surface area contributed by atoms with E-state index in [0.717, 1.165) is 5.75 Å². The van der Waals surface area contributed by atoms with Crippen LogP contribution in [0.4, 0.5) is 0 Å². The van der Waals surface area contributed by atoms with Gasteiger partial charge in [0, 0.05) is 5.75 Å². The molecule has 1 aliphatic rings. The molecule has 5 heteroatoms.